The predicted octanol–water partition coefficient (Wildman–Crippen LogP) is 4.05. The predicted molar refractivity (Wildman–Crippen MR) is 88.1 cm³/mol. The van der Waals surface area contributed by atoms with Crippen LogP contribution in [0.2, 0.25) is 0 Å². The molecule has 1 heterocycles. The zero-order chi connectivity index (χ0) is 14.5. The standard InChI is InChI=1S/C18H36N2/c1-5-9-15(4)20-13-17(16-10-7-6-8-11-16)19-12-18(20)14(2)3/h14-19H,5-13H2,1-4H3. The topological polar surface area (TPSA) is 15.3 Å². The van der Waals surface area contributed by atoms with Crippen molar-refractivity contribution < 1.29 is 0 Å². The molecule has 0 spiro atoms. The Morgan fingerprint density at radius 2 is 1.80 bits per heavy atom. The maximum absolute atomic E-state index is 3.91. The Morgan fingerprint density at radius 1 is 1.10 bits per heavy atom. The van der Waals surface area contributed by atoms with Gasteiger partial charge < -0.3 is 5.32 Å². The van der Waals surface area contributed by atoms with Gasteiger partial charge in [-0.25, -0.2) is 0 Å². The number of piperazine rings is 1. The summed E-state index contributed by atoms with van der Waals surface area (Å²) < 4.78 is 0. The second-order valence-corrected chi connectivity index (χ2v) is 7.56. The van der Waals surface area contributed by atoms with E-state index in [0.29, 0.717) is 0 Å². The number of hydrogen-bond donors (Lipinski definition) is 1. The van der Waals surface area contributed by atoms with Gasteiger partial charge in [-0.15, -0.1) is 0 Å². The van der Waals surface area contributed by atoms with Gasteiger partial charge in [0.15, 0.2) is 0 Å². The van der Waals surface area contributed by atoms with Crippen LogP contribution >= 0.6 is 0 Å². The fourth-order valence-corrected chi connectivity index (χ4v) is 4.38. The maximum Gasteiger partial charge on any atom is 0.0247 e. The molecule has 1 N–H and O–H groups in total. The highest BCUT2D eigenvalue weighted by Gasteiger charge is 2.35. The van der Waals surface area contributed by atoms with E-state index < -0.39 is 0 Å². The molecule has 0 bridgehead atoms. The summed E-state index contributed by atoms with van der Waals surface area (Å²) in [7, 11) is 0. The van der Waals surface area contributed by atoms with Gasteiger partial charge in [-0.1, -0.05) is 46.5 Å². The van der Waals surface area contributed by atoms with E-state index >= 15 is 0 Å². The van der Waals surface area contributed by atoms with Crippen LogP contribution in [-0.2, 0) is 0 Å². The van der Waals surface area contributed by atoms with Crippen LogP contribution in [0.3, 0.4) is 0 Å². The summed E-state index contributed by atoms with van der Waals surface area (Å²) in [5.74, 6) is 1.70. The van der Waals surface area contributed by atoms with Gasteiger partial charge in [-0.3, -0.25) is 4.90 Å². The lowest BCUT2D eigenvalue weighted by Gasteiger charge is -2.48. The van der Waals surface area contributed by atoms with Crippen molar-refractivity contribution in [1.29, 1.82) is 0 Å². The lowest BCUT2D eigenvalue weighted by Crippen LogP contribution is -2.62. The third kappa shape index (κ3) is 3.98. The van der Waals surface area contributed by atoms with Crippen molar-refractivity contribution in [3.63, 3.8) is 0 Å². The lowest BCUT2D eigenvalue weighted by molar-refractivity contribution is 0.0391. The Hall–Kier alpha value is -0.0800. The third-order valence-corrected chi connectivity index (χ3v) is 5.68. The number of nitrogens with zero attached hydrogens (tertiary/aromatic N) is 1. The van der Waals surface area contributed by atoms with E-state index in [1.165, 1.54) is 58.0 Å². The molecule has 2 fully saturated rings. The second kappa shape index (κ2) is 7.79. The average Bonchev–Trinajstić information content (AvgIpc) is 2.47. The zero-order valence-corrected chi connectivity index (χ0v) is 14.2. The zero-order valence-electron chi connectivity index (χ0n) is 14.2. The van der Waals surface area contributed by atoms with Crippen molar-refractivity contribution >= 4 is 0 Å². The number of rotatable bonds is 5. The van der Waals surface area contributed by atoms with Gasteiger partial charge in [-0.2, -0.15) is 0 Å². The van der Waals surface area contributed by atoms with Crippen molar-refractivity contribution in [2.24, 2.45) is 11.8 Å². The Kier molecular flexibility index (Phi) is 6.35. The van der Waals surface area contributed by atoms with Crippen molar-refractivity contribution in [2.75, 3.05) is 13.1 Å². The molecule has 0 aromatic rings. The van der Waals surface area contributed by atoms with Gasteiger partial charge in [0.25, 0.3) is 0 Å². The molecule has 2 nitrogen and oxygen atoms in total. The van der Waals surface area contributed by atoms with Crippen LogP contribution in [0, 0.1) is 11.8 Å². The molecular formula is C18H36N2. The van der Waals surface area contributed by atoms with E-state index in [1.807, 2.05) is 0 Å². The molecular weight excluding hydrogens is 244 g/mol. The Balaban J connectivity index is 1.98. The first-order valence-electron chi connectivity index (χ1n) is 9.12. The molecule has 3 unspecified atom stereocenters. The molecule has 1 saturated carbocycles. The minimum atomic E-state index is 0.733. The molecule has 2 aliphatic rings. The first-order valence-corrected chi connectivity index (χ1v) is 9.12. The highest BCUT2D eigenvalue weighted by Crippen LogP contribution is 2.30. The lowest BCUT2D eigenvalue weighted by atomic mass is 9.81. The molecule has 118 valence electrons. The quantitative estimate of drug-likeness (QED) is 0.817. The first-order chi connectivity index (χ1) is 9.63. The Morgan fingerprint density at radius 3 is 2.40 bits per heavy atom. The molecule has 0 aromatic carbocycles. The monoisotopic (exact) mass is 280 g/mol. The van der Waals surface area contributed by atoms with Gasteiger partial charge >= 0.3 is 0 Å². The minimum absolute atomic E-state index is 0.733. The molecule has 2 rings (SSSR count). The van der Waals surface area contributed by atoms with Crippen molar-refractivity contribution in [3.05, 3.63) is 0 Å². The molecule has 1 aliphatic heterocycles. The van der Waals surface area contributed by atoms with Crippen molar-refractivity contribution in [2.45, 2.75) is 90.8 Å². The molecule has 0 amide bonds. The van der Waals surface area contributed by atoms with E-state index in [0.717, 1.165) is 30.0 Å². The van der Waals surface area contributed by atoms with E-state index in [1.54, 1.807) is 0 Å². The molecule has 1 saturated heterocycles. The Labute approximate surface area is 126 Å². The van der Waals surface area contributed by atoms with Gasteiger partial charge in [0.1, 0.15) is 0 Å². The molecule has 1 aliphatic carbocycles. The Bertz CT molecular complexity index is 271. The van der Waals surface area contributed by atoms with E-state index in [2.05, 4.69) is 37.9 Å². The molecule has 0 radical (unpaired) electrons. The fourth-order valence-electron chi connectivity index (χ4n) is 4.38. The van der Waals surface area contributed by atoms with Crippen molar-refractivity contribution in [3.8, 4) is 0 Å². The summed E-state index contributed by atoms with van der Waals surface area (Å²) in [5, 5.41) is 3.91. The summed E-state index contributed by atoms with van der Waals surface area (Å²) in [6.07, 6.45) is 9.96. The summed E-state index contributed by atoms with van der Waals surface area (Å²) in [4.78, 5) is 2.84. The largest absolute Gasteiger partial charge is 0.311 e. The van der Waals surface area contributed by atoms with Gasteiger partial charge in [0.2, 0.25) is 0 Å². The highest BCUT2D eigenvalue weighted by molar-refractivity contribution is 4.93. The molecule has 2 heteroatoms. The van der Waals surface area contributed by atoms with E-state index in [-0.39, 0.29) is 0 Å². The van der Waals surface area contributed by atoms with Crippen LogP contribution in [0.4, 0.5) is 0 Å². The average molecular weight is 280 g/mol. The highest BCUT2D eigenvalue weighted by atomic mass is 15.3. The molecule has 3 atom stereocenters. The van der Waals surface area contributed by atoms with Crippen LogP contribution in [0.1, 0.15) is 72.6 Å². The number of hydrogen-bond acceptors (Lipinski definition) is 2. The van der Waals surface area contributed by atoms with Gasteiger partial charge in [-0.05, 0) is 38.0 Å². The van der Waals surface area contributed by atoms with Crippen molar-refractivity contribution in [1.82, 2.24) is 10.2 Å². The van der Waals surface area contributed by atoms with E-state index in [4.69, 9.17) is 0 Å². The summed E-state index contributed by atoms with van der Waals surface area (Å²) in [5.41, 5.74) is 0. The van der Waals surface area contributed by atoms with E-state index in [9.17, 15) is 0 Å². The third-order valence-electron chi connectivity index (χ3n) is 5.68. The fraction of sp³-hybridized carbons (Fsp3) is 1.00. The maximum atomic E-state index is 3.91. The van der Waals surface area contributed by atoms with Crippen LogP contribution in [0.25, 0.3) is 0 Å². The SMILES string of the molecule is CCCC(C)N1CC(C2CCCCC2)NCC1C(C)C. The summed E-state index contributed by atoms with van der Waals surface area (Å²) in [6, 6.07) is 2.24. The summed E-state index contributed by atoms with van der Waals surface area (Å²) in [6.45, 7) is 12.0. The van der Waals surface area contributed by atoms with Crippen LogP contribution < -0.4 is 5.32 Å². The second-order valence-electron chi connectivity index (χ2n) is 7.56. The molecule has 20 heavy (non-hydrogen) atoms. The van der Waals surface area contributed by atoms with Crippen LogP contribution in [-0.4, -0.2) is 36.1 Å². The van der Waals surface area contributed by atoms with Gasteiger partial charge in [0, 0.05) is 31.2 Å². The molecule has 0 aromatic heterocycles. The first kappa shape index (κ1) is 16.3. The van der Waals surface area contributed by atoms with Crippen LogP contribution in [0.15, 0.2) is 0 Å². The number of nitrogens with one attached hydrogen (secondary N) is 1. The smallest absolute Gasteiger partial charge is 0.0247 e. The normalized spacial score (nSPS) is 31.6. The van der Waals surface area contributed by atoms with Gasteiger partial charge in [0.05, 0.1) is 0 Å². The van der Waals surface area contributed by atoms with Crippen LogP contribution in [0.5, 0.6) is 0 Å². The summed E-state index contributed by atoms with van der Waals surface area (Å²) >= 11 is 0. The minimum Gasteiger partial charge on any atom is -0.311 e.